The largest absolute Gasteiger partial charge is 0.292 e. The summed E-state index contributed by atoms with van der Waals surface area (Å²) >= 11 is 6.23. The molecule has 1 aliphatic rings. The predicted octanol–water partition coefficient (Wildman–Crippen LogP) is 3.94. The summed E-state index contributed by atoms with van der Waals surface area (Å²) in [5, 5.41) is 2.51. The smallest absolute Gasteiger partial charge is 0.259 e. The van der Waals surface area contributed by atoms with Crippen molar-refractivity contribution in [2.75, 3.05) is 0 Å². The van der Waals surface area contributed by atoms with E-state index in [9.17, 15) is 14.0 Å². The van der Waals surface area contributed by atoms with Crippen molar-refractivity contribution in [1.29, 1.82) is 0 Å². The first-order valence-corrected chi connectivity index (χ1v) is 8.06. The van der Waals surface area contributed by atoms with Crippen LogP contribution in [0.4, 0.5) is 4.39 Å². The van der Waals surface area contributed by atoms with Crippen LogP contribution < -0.4 is 5.32 Å². The van der Waals surface area contributed by atoms with Crippen LogP contribution in [0.2, 0.25) is 5.02 Å². The Morgan fingerprint density at radius 3 is 2.62 bits per heavy atom. The average molecular weight is 347 g/mol. The second-order valence-corrected chi connectivity index (χ2v) is 6.64. The van der Waals surface area contributed by atoms with E-state index >= 15 is 0 Å². The van der Waals surface area contributed by atoms with Crippen molar-refractivity contribution in [3.8, 4) is 11.3 Å². The maximum Gasteiger partial charge on any atom is 0.259 e. The maximum absolute atomic E-state index is 14.1. The first-order valence-electron chi connectivity index (χ1n) is 7.69. The number of aromatic nitrogens is 1. The van der Waals surface area contributed by atoms with Gasteiger partial charge in [-0.15, -0.1) is 0 Å². The Balaban J connectivity index is 2.19. The van der Waals surface area contributed by atoms with Crippen molar-refractivity contribution in [2.45, 2.75) is 26.2 Å². The molecule has 3 rings (SSSR count). The van der Waals surface area contributed by atoms with Crippen LogP contribution in [-0.2, 0) is 4.79 Å². The minimum Gasteiger partial charge on any atom is -0.292 e. The monoisotopic (exact) mass is 346 g/mol. The van der Waals surface area contributed by atoms with Gasteiger partial charge in [-0.2, -0.15) is 0 Å². The molecule has 0 radical (unpaired) electrons. The molecule has 0 saturated carbocycles. The molecule has 24 heavy (non-hydrogen) atoms. The zero-order chi connectivity index (χ0) is 17.4. The fourth-order valence-electron chi connectivity index (χ4n) is 2.87. The molecule has 124 valence electrons. The van der Waals surface area contributed by atoms with Gasteiger partial charge in [0.25, 0.3) is 5.91 Å². The van der Waals surface area contributed by atoms with E-state index in [-0.39, 0.29) is 33.7 Å². The number of hydrogen-bond acceptors (Lipinski definition) is 3. The summed E-state index contributed by atoms with van der Waals surface area (Å²) < 4.78 is 14.1. The first-order chi connectivity index (χ1) is 11.4. The normalized spacial score (nSPS) is 17.0. The zero-order valence-electron chi connectivity index (χ0n) is 13.3. The van der Waals surface area contributed by atoms with Crippen molar-refractivity contribution in [3.63, 3.8) is 0 Å². The van der Waals surface area contributed by atoms with Crippen LogP contribution >= 0.6 is 11.6 Å². The highest BCUT2D eigenvalue weighted by atomic mass is 35.5. The van der Waals surface area contributed by atoms with Gasteiger partial charge >= 0.3 is 0 Å². The van der Waals surface area contributed by atoms with Gasteiger partial charge in [0.05, 0.1) is 27.9 Å². The molecule has 0 bridgehead atoms. The number of imide groups is 1. The number of pyridine rings is 1. The number of hydrogen-bond donors (Lipinski definition) is 1. The van der Waals surface area contributed by atoms with E-state index in [0.29, 0.717) is 12.1 Å². The number of carbonyl (C=O) groups excluding carboxylic acids is 2. The van der Waals surface area contributed by atoms with Crippen LogP contribution in [0.25, 0.3) is 11.3 Å². The van der Waals surface area contributed by atoms with E-state index in [0.717, 1.165) is 0 Å². The second-order valence-electron chi connectivity index (χ2n) is 6.23. The number of rotatable bonds is 3. The van der Waals surface area contributed by atoms with Crippen LogP contribution in [0, 0.1) is 11.7 Å². The molecular formula is C18H16ClFN2O2. The summed E-state index contributed by atoms with van der Waals surface area (Å²) in [6, 6.07) is 7.60. The Hall–Kier alpha value is -2.27. The van der Waals surface area contributed by atoms with Crippen LogP contribution in [0.5, 0.6) is 0 Å². The van der Waals surface area contributed by atoms with E-state index in [1.54, 1.807) is 18.2 Å². The van der Waals surface area contributed by atoms with Gasteiger partial charge in [-0.25, -0.2) is 9.37 Å². The molecule has 0 fully saturated rings. The lowest BCUT2D eigenvalue weighted by atomic mass is 9.87. The molecule has 6 heteroatoms. The number of benzene rings is 1. The van der Waals surface area contributed by atoms with Gasteiger partial charge in [-0.05, 0) is 30.5 Å². The van der Waals surface area contributed by atoms with Gasteiger partial charge < -0.3 is 0 Å². The molecule has 1 aromatic carbocycles. The lowest BCUT2D eigenvalue weighted by molar-refractivity contribution is -0.122. The Morgan fingerprint density at radius 1 is 1.25 bits per heavy atom. The van der Waals surface area contributed by atoms with Crippen LogP contribution in [0.15, 0.2) is 30.3 Å². The summed E-state index contributed by atoms with van der Waals surface area (Å²) in [5.41, 5.74) is 1.11. The van der Waals surface area contributed by atoms with E-state index in [1.807, 2.05) is 13.8 Å². The zero-order valence-corrected chi connectivity index (χ0v) is 14.0. The standard InChI is InChI=1S/C18H16ClFN2O2/c1-9(2)7-11-15-12(18(24)22-17(11)23)8-13(19)16(21-15)10-5-3-4-6-14(10)20/h3-6,8-9,11H,7H2,1-2H3,(H,22,23,24). The van der Waals surface area contributed by atoms with Gasteiger partial charge in [0.2, 0.25) is 5.91 Å². The Kier molecular flexibility index (Phi) is 4.37. The summed E-state index contributed by atoms with van der Waals surface area (Å²) in [4.78, 5) is 28.7. The molecule has 2 aromatic rings. The minimum atomic E-state index is -0.555. The molecule has 2 heterocycles. The molecular weight excluding hydrogens is 331 g/mol. The lowest BCUT2D eigenvalue weighted by Crippen LogP contribution is -2.41. The fourth-order valence-corrected chi connectivity index (χ4v) is 3.13. The molecule has 1 aliphatic heterocycles. The Labute approximate surface area is 144 Å². The molecule has 0 spiro atoms. The van der Waals surface area contributed by atoms with Crippen molar-refractivity contribution >= 4 is 23.4 Å². The topological polar surface area (TPSA) is 59.1 Å². The lowest BCUT2D eigenvalue weighted by Gasteiger charge is -2.25. The summed E-state index contributed by atoms with van der Waals surface area (Å²) in [5.74, 6) is -1.68. The quantitative estimate of drug-likeness (QED) is 0.856. The van der Waals surface area contributed by atoms with Gasteiger partial charge in [0.1, 0.15) is 5.82 Å². The molecule has 0 saturated heterocycles. The highest BCUT2D eigenvalue weighted by Gasteiger charge is 2.35. The Morgan fingerprint density at radius 2 is 1.96 bits per heavy atom. The van der Waals surface area contributed by atoms with Gasteiger partial charge in [-0.1, -0.05) is 37.6 Å². The van der Waals surface area contributed by atoms with Gasteiger partial charge in [0.15, 0.2) is 0 Å². The number of nitrogens with one attached hydrogen (secondary N) is 1. The summed E-state index contributed by atoms with van der Waals surface area (Å²) in [6.45, 7) is 3.97. The highest BCUT2D eigenvalue weighted by Crippen LogP contribution is 2.35. The van der Waals surface area contributed by atoms with Crippen LogP contribution in [0.3, 0.4) is 0 Å². The van der Waals surface area contributed by atoms with E-state index in [4.69, 9.17) is 11.6 Å². The molecule has 1 N–H and O–H groups in total. The van der Waals surface area contributed by atoms with E-state index < -0.39 is 17.6 Å². The highest BCUT2D eigenvalue weighted by molar-refractivity contribution is 6.33. The van der Waals surface area contributed by atoms with Gasteiger partial charge in [0, 0.05) is 5.56 Å². The van der Waals surface area contributed by atoms with E-state index in [2.05, 4.69) is 10.3 Å². The summed E-state index contributed by atoms with van der Waals surface area (Å²) in [6.07, 6.45) is 0.539. The molecule has 2 amide bonds. The molecule has 1 unspecified atom stereocenters. The van der Waals surface area contributed by atoms with Gasteiger partial charge in [-0.3, -0.25) is 14.9 Å². The van der Waals surface area contributed by atoms with Crippen molar-refractivity contribution < 1.29 is 14.0 Å². The third kappa shape index (κ3) is 2.91. The molecule has 1 atom stereocenters. The second kappa shape index (κ2) is 6.32. The minimum absolute atomic E-state index is 0.173. The van der Waals surface area contributed by atoms with Crippen LogP contribution in [0.1, 0.15) is 42.2 Å². The molecule has 1 aromatic heterocycles. The fraction of sp³-hybridized carbons (Fsp3) is 0.278. The molecule has 4 nitrogen and oxygen atoms in total. The van der Waals surface area contributed by atoms with Crippen molar-refractivity contribution in [2.24, 2.45) is 5.92 Å². The number of halogens is 2. The van der Waals surface area contributed by atoms with Crippen molar-refractivity contribution in [1.82, 2.24) is 10.3 Å². The van der Waals surface area contributed by atoms with E-state index in [1.165, 1.54) is 12.1 Å². The first kappa shape index (κ1) is 16.6. The number of carbonyl (C=O) groups is 2. The third-order valence-electron chi connectivity index (χ3n) is 3.97. The number of fused-ring (bicyclic) bond motifs is 1. The summed E-state index contributed by atoms with van der Waals surface area (Å²) in [7, 11) is 0. The SMILES string of the molecule is CC(C)CC1C(=O)NC(=O)c2cc(Cl)c(-c3ccccc3F)nc21. The number of nitrogens with zero attached hydrogens (tertiary/aromatic N) is 1. The maximum atomic E-state index is 14.1. The third-order valence-corrected chi connectivity index (χ3v) is 4.26. The average Bonchev–Trinajstić information content (AvgIpc) is 2.52. The van der Waals surface area contributed by atoms with Crippen LogP contribution in [-0.4, -0.2) is 16.8 Å². The predicted molar refractivity (Wildman–Crippen MR) is 89.3 cm³/mol. The number of amides is 2. The van der Waals surface area contributed by atoms with Crippen molar-refractivity contribution in [3.05, 3.63) is 52.4 Å². The molecule has 0 aliphatic carbocycles. The Bertz CT molecular complexity index is 836.